The summed E-state index contributed by atoms with van der Waals surface area (Å²) in [6.07, 6.45) is -0.871. The van der Waals surface area contributed by atoms with E-state index in [0.717, 1.165) is 0 Å². The number of benzene rings is 1. The Labute approximate surface area is 98.4 Å². The highest BCUT2D eigenvalue weighted by molar-refractivity contribution is 5.93. The van der Waals surface area contributed by atoms with Gasteiger partial charge in [0.1, 0.15) is 0 Å². The number of anilines is 2. The molecule has 1 rings (SSSR count). The van der Waals surface area contributed by atoms with Gasteiger partial charge in [-0.2, -0.15) is 0 Å². The molecule has 0 heterocycles. The Bertz CT molecular complexity index is 443. The summed E-state index contributed by atoms with van der Waals surface area (Å²) in [5, 5.41) is 11.2. The van der Waals surface area contributed by atoms with E-state index < -0.39 is 12.1 Å². The average Bonchev–Trinajstić information content (AvgIpc) is 2.19. The summed E-state index contributed by atoms with van der Waals surface area (Å²) in [6, 6.07) is 4.04. The van der Waals surface area contributed by atoms with Gasteiger partial charge in [0, 0.05) is 0 Å². The topological polar surface area (TPSA) is 102 Å². The lowest BCUT2D eigenvalue weighted by Crippen LogP contribution is -2.18. The quantitative estimate of drug-likeness (QED) is 0.698. The number of amides is 1. The summed E-state index contributed by atoms with van der Waals surface area (Å²) in [4.78, 5) is 22.0. The monoisotopic (exact) mass is 238 g/mol. The molecular weight excluding hydrogens is 224 g/mol. The highest BCUT2D eigenvalue weighted by Crippen LogP contribution is 2.20. The van der Waals surface area contributed by atoms with Crippen molar-refractivity contribution in [2.24, 2.45) is 0 Å². The maximum absolute atomic E-state index is 11.3. The minimum absolute atomic E-state index is 0.0604. The second kappa shape index (κ2) is 5.20. The number of nitrogens with one attached hydrogen (secondary N) is 1. The number of aromatic carboxylic acids is 1. The highest BCUT2D eigenvalue weighted by Gasteiger charge is 2.10. The lowest BCUT2D eigenvalue weighted by molar-refractivity contribution is 0.0697. The van der Waals surface area contributed by atoms with Crippen molar-refractivity contribution in [2.75, 3.05) is 11.1 Å². The molecule has 1 aromatic rings. The van der Waals surface area contributed by atoms with Crippen LogP contribution in [0.2, 0.25) is 0 Å². The molecule has 0 radical (unpaired) electrons. The smallest absolute Gasteiger partial charge is 0.411 e. The SMILES string of the molecule is CC(C)OC(=O)Nc1ccc(C(=O)O)cc1N. The van der Waals surface area contributed by atoms with Gasteiger partial charge in [-0.1, -0.05) is 0 Å². The number of carbonyl (C=O) groups is 2. The number of carbonyl (C=O) groups excluding carboxylic acids is 1. The van der Waals surface area contributed by atoms with Crippen molar-refractivity contribution in [1.29, 1.82) is 0 Å². The van der Waals surface area contributed by atoms with Crippen LogP contribution in [-0.4, -0.2) is 23.3 Å². The third kappa shape index (κ3) is 3.67. The second-order valence-electron chi connectivity index (χ2n) is 3.69. The molecule has 0 unspecified atom stereocenters. The Kier molecular flexibility index (Phi) is 3.92. The Morgan fingerprint density at radius 1 is 1.41 bits per heavy atom. The van der Waals surface area contributed by atoms with Crippen molar-refractivity contribution in [3.05, 3.63) is 23.8 Å². The molecule has 0 fully saturated rings. The van der Waals surface area contributed by atoms with Crippen molar-refractivity contribution < 1.29 is 19.4 Å². The molecular formula is C11H14N2O4. The largest absolute Gasteiger partial charge is 0.478 e. The van der Waals surface area contributed by atoms with Crippen molar-refractivity contribution in [3.8, 4) is 0 Å². The van der Waals surface area contributed by atoms with Gasteiger partial charge in [0.25, 0.3) is 0 Å². The molecule has 6 nitrogen and oxygen atoms in total. The van der Waals surface area contributed by atoms with Crippen LogP contribution in [0.1, 0.15) is 24.2 Å². The van der Waals surface area contributed by atoms with Crippen LogP contribution in [-0.2, 0) is 4.74 Å². The number of rotatable bonds is 3. The predicted octanol–water partition coefficient (Wildman–Crippen LogP) is 1.92. The van der Waals surface area contributed by atoms with Gasteiger partial charge in [0.2, 0.25) is 0 Å². The fraction of sp³-hybridized carbons (Fsp3) is 0.273. The van der Waals surface area contributed by atoms with Crippen molar-refractivity contribution in [3.63, 3.8) is 0 Å². The fourth-order valence-corrected chi connectivity index (χ4v) is 1.16. The van der Waals surface area contributed by atoms with Crippen LogP contribution in [0.15, 0.2) is 18.2 Å². The minimum atomic E-state index is -1.08. The van der Waals surface area contributed by atoms with Crippen LogP contribution in [0.5, 0.6) is 0 Å². The summed E-state index contributed by atoms with van der Waals surface area (Å²) in [5.41, 5.74) is 6.16. The van der Waals surface area contributed by atoms with Gasteiger partial charge in [-0.3, -0.25) is 5.32 Å². The van der Waals surface area contributed by atoms with E-state index >= 15 is 0 Å². The Balaban J connectivity index is 2.79. The molecule has 0 saturated carbocycles. The Morgan fingerprint density at radius 3 is 2.53 bits per heavy atom. The van der Waals surface area contributed by atoms with E-state index in [0.29, 0.717) is 5.69 Å². The summed E-state index contributed by atoms with van der Waals surface area (Å²) in [7, 11) is 0. The third-order valence-electron chi connectivity index (χ3n) is 1.88. The molecule has 4 N–H and O–H groups in total. The maximum atomic E-state index is 11.3. The van der Waals surface area contributed by atoms with Crippen LogP contribution < -0.4 is 11.1 Å². The molecule has 0 aromatic heterocycles. The molecule has 6 heteroatoms. The molecule has 0 saturated heterocycles. The number of hydrogen-bond acceptors (Lipinski definition) is 4. The number of hydrogen-bond donors (Lipinski definition) is 3. The van der Waals surface area contributed by atoms with E-state index in [1.807, 2.05) is 0 Å². The summed E-state index contributed by atoms with van der Waals surface area (Å²) in [5.74, 6) is -1.08. The first kappa shape index (κ1) is 12.8. The first-order chi connectivity index (χ1) is 7.90. The standard InChI is InChI=1S/C11H14N2O4/c1-6(2)17-11(16)13-9-4-3-7(10(14)15)5-8(9)12/h3-6H,12H2,1-2H3,(H,13,16)(H,14,15). The first-order valence-electron chi connectivity index (χ1n) is 5.00. The fourth-order valence-electron chi connectivity index (χ4n) is 1.16. The van der Waals surface area contributed by atoms with E-state index in [1.54, 1.807) is 13.8 Å². The highest BCUT2D eigenvalue weighted by atomic mass is 16.6. The van der Waals surface area contributed by atoms with E-state index in [2.05, 4.69) is 5.32 Å². The molecule has 0 bridgehead atoms. The van der Waals surface area contributed by atoms with Crippen LogP contribution in [0.3, 0.4) is 0 Å². The minimum Gasteiger partial charge on any atom is -0.478 e. The molecule has 1 aromatic carbocycles. The van der Waals surface area contributed by atoms with E-state index in [9.17, 15) is 9.59 Å². The number of carboxylic acid groups (broad SMARTS) is 1. The summed E-state index contributed by atoms with van der Waals surface area (Å²) in [6.45, 7) is 3.44. The maximum Gasteiger partial charge on any atom is 0.411 e. The Morgan fingerprint density at radius 2 is 2.06 bits per heavy atom. The molecule has 17 heavy (non-hydrogen) atoms. The van der Waals surface area contributed by atoms with Crippen LogP contribution in [0.4, 0.5) is 16.2 Å². The second-order valence-corrected chi connectivity index (χ2v) is 3.69. The van der Waals surface area contributed by atoms with Crippen molar-refractivity contribution >= 4 is 23.4 Å². The predicted molar refractivity (Wildman–Crippen MR) is 63.1 cm³/mol. The first-order valence-corrected chi connectivity index (χ1v) is 5.00. The number of carboxylic acids is 1. The van der Waals surface area contributed by atoms with E-state index in [1.165, 1.54) is 18.2 Å². The zero-order valence-corrected chi connectivity index (χ0v) is 9.56. The molecule has 0 aliphatic carbocycles. The van der Waals surface area contributed by atoms with Gasteiger partial charge < -0.3 is 15.6 Å². The van der Waals surface area contributed by atoms with Gasteiger partial charge in [0.05, 0.1) is 23.0 Å². The number of nitrogens with two attached hydrogens (primary N) is 1. The number of ether oxygens (including phenoxy) is 1. The van der Waals surface area contributed by atoms with E-state index in [-0.39, 0.29) is 17.4 Å². The molecule has 1 amide bonds. The van der Waals surface area contributed by atoms with Gasteiger partial charge in [-0.05, 0) is 32.0 Å². The zero-order chi connectivity index (χ0) is 13.0. The van der Waals surface area contributed by atoms with E-state index in [4.69, 9.17) is 15.6 Å². The third-order valence-corrected chi connectivity index (χ3v) is 1.88. The van der Waals surface area contributed by atoms with Gasteiger partial charge in [-0.25, -0.2) is 9.59 Å². The van der Waals surface area contributed by atoms with Crippen molar-refractivity contribution in [2.45, 2.75) is 20.0 Å². The normalized spacial score (nSPS) is 10.1. The summed E-state index contributed by atoms with van der Waals surface area (Å²) < 4.78 is 4.86. The molecule has 0 spiro atoms. The lowest BCUT2D eigenvalue weighted by Gasteiger charge is -2.11. The van der Waals surface area contributed by atoms with Gasteiger partial charge >= 0.3 is 12.1 Å². The molecule has 0 aliphatic heterocycles. The van der Waals surface area contributed by atoms with Crippen LogP contribution in [0, 0.1) is 0 Å². The van der Waals surface area contributed by atoms with Crippen molar-refractivity contribution in [1.82, 2.24) is 0 Å². The molecule has 0 aliphatic rings. The average molecular weight is 238 g/mol. The van der Waals surface area contributed by atoms with Crippen LogP contribution in [0.25, 0.3) is 0 Å². The molecule has 92 valence electrons. The number of nitrogen functional groups attached to an aromatic ring is 1. The van der Waals surface area contributed by atoms with Gasteiger partial charge in [0.15, 0.2) is 0 Å². The van der Waals surface area contributed by atoms with Gasteiger partial charge in [-0.15, -0.1) is 0 Å². The zero-order valence-electron chi connectivity index (χ0n) is 9.56. The van der Waals surface area contributed by atoms with Crippen LogP contribution >= 0.6 is 0 Å². The summed E-state index contributed by atoms with van der Waals surface area (Å²) >= 11 is 0. The lowest BCUT2D eigenvalue weighted by atomic mass is 10.2. The Hall–Kier alpha value is -2.24. The molecule has 0 atom stereocenters.